The van der Waals surface area contributed by atoms with Gasteiger partial charge in [0.15, 0.2) is 5.96 Å². The van der Waals surface area contributed by atoms with Gasteiger partial charge < -0.3 is 16.0 Å². The van der Waals surface area contributed by atoms with Crippen LogP contribution in [0.5, 0.6) is 0 Å². The van der Waals surface area contributed by atoms with Crippen LogP contribution in [0.4, 0.5) is 5.69 Å². The van der Waals surface area contributed by atoms with Crippen LogP contribution in [0.3, 0.4) is 0 Å². The lowest BCUT2D eigenvalue weighted by Gasteiger charge is -2.16. The second-order valence-electron chi connectivity index (χ2n) is 4.96. The van der Waals surface area contributed by atoms with E-state index in [1.54, 1.807) is 6.08 Å². The number of guanidine groups is 1. The summed E-state index contributed by atoms with van der Waals surface area (Å²) >= 11 is 0. The van der Waals surface area contributed by atoms with Crippen LogP contribution in [0.25, 0.3) is 0 Å². The smallest absolute Gasteiger partial charge is 0.227 e. The Labute approximate surface area is 125 Å². The average Bonchev–Trinajstić information content (AvgIpc) is 2.93. The molecule has 0 aliphatic carbocycles. The number of nitrogens with zero attached hydrogens (tertiary/aromatic N) is 2. The molecule has 1 aromatic rings. The van der Waals surface area contributed by atoms with E-state index >= 15 is 0 Å². The number of carbonyl (C=O) groups excluding carboxylic acids is 1. The average molecular weight is 286 g/mol. The minimum absolute atomic E-state index is 0.160. The number of carbonyl (C=O) groups is 1. The molecule has 2 rings (SSSR count). The van der Waals surface area contributed by atoms with Crippen LogP contribution < -0.4 is 16.0 Å². The van der Waals surface area contributed by atoms with Crippen molar-refractivity contribution in [1.82, 2.24) is 5.32 Å². The fourth-order valence-corrected chi connectivity index (χ4v) is 2.39. The number of benzene rings is 1. The fraction of sp³-hybridized carbons (Fsp3) is 0.375. The SMILES string of the molecule is C=CCNC(N)=NCCCC(=O)N1CCc2ccccc21. The van der Waals surface area contributed by atoms with Crippen molar-refractivity contribution in [3.8, 4) is 0 Å². The summed E-state index contributed by atoms with van der Waals surface area (Å²) in [7, 11) is 0. The number of nitrogens with two attached hydrogens (primary N) is 1. The third kappa shape index (κ3) is 4.08. The van der Waals surface area contributed by atoms with E-state index in [-0.39, 0.29) is 5.91 Å². The second-order valence-corrected chi connectivity index (χ2v) is 4.96. The normalized spacial score (nSPS) is 13.9. The molecule has 1 aromatic carbocycles. The van der Waals surface area contributed by atoms with Crippen molar-refractivity contribution in [2.45, 2.75) is 19.3 Å². The van der Waals surface area contributed by atoms with Crippen molar-refractivity contribution in [2.24, 2.45) is 10.7 Å². The van der Waals surface area contributed by atoms with Crippen LogP contribution >= 0.6 is 0 Å². The van der Waals surface area contributed by atoms with E-state index in [2.05, 4.69) is 23.0 Å². The number of nitrogens with one attached hydrogen (secondary N) is 1. The number of anilines is 1. The molecule has 0 aromatic heterocycles. The number of amides is 1. The lowest BCUT2D eigenvalue weighted by Crippen LogP contribution is -2.32. The highest BCUT2D eigenvalue weighted by Crippen LogP contribution is 2.27. The summed E-state index contributed by atoms with van der Waals surface area (Å²) in [5.41, 5.74) is 7.96. The summed E-state index contributed by atoms with van der Waals surface area (Å²) in [4.78, 5) is 18.3. The van der Waals surface area contributed by atoms with Gasteiger partial charge in [0.05, 0.1) is 0 Å². The molecule has 0 bridgehead atoms. The quantitative estimate of drug-likeness (QED) is 0.360. The Morgan fingerprint density at radius 3 is 3.10 bits per heavy atom. The van der Waals surface area contributed by atoms with E-state index in [0.717, 1.165) is 18.7 Å². The molecule has 1 amide bonds. The Kier molecular flexibility index (Phi) is 5.37. The molecule has 0 saturated carbocycles. The summed E-state index contributed by atoms with van der Waals surface area (Å²) < 4.78 is 0. The Balaban J connectivity index is 1.77. The van der Waals surface area contributed by atoms with Crippen LogP contribution in [-0.2, 0) is 11.2 Å². The van der Waals surface area contributed by atoms with Gasteiger partial charge in [-0.25, -0.2) is 0 Å². The van der Waals surface area contributed by atoms with Gasteiger partial charge >= 0.3 is 0 Å². The van der Waals surface area contributed by atoms with Crippen molar-refractivity contribution in [3.63, 3.8) is 0 Å². The van der Waals surface area contributed by atoms with Crippen LogP contribution in [0.1, 0.15) is 18.4 Å². The molecular formula is C16H22N4O. The summed E-state index contributed by atoms with van der Waals surface area (Å²) in [5, 5.41) is 2.90. The first-order chi connectivity index (χ1) is 10.2. The first-order valence-corrected chi connectivity index (χ1v) is 7.25. The minimum atomic E-state index is 0.160. The molecule has 1 aliphatic rings. The highest BCUT2D eigenvalue weighted by Gasteiger charge is 2.23. The zero-order valence-electron chi connectivity index (χ0n) is 12.2. The molecule has 3 N–H and O–H groups in total. The molecule has 0 saturated heterocycles. The third-order valence-electron chi connectivity index (χ3n) is 3.45. The highest BCUT2D eigenvalue weighted by molar-refractivity contribution is 5.95. The molecule has 0 spiro atoms. The van der Waals surface area contributed by atoms with E-state index in [9.17, 15) is 4.79 Å². The molecule has 0 fully saturated rings. The molecule has 5 heteroatoms. The Hall–Kier alpha value is -2.30. The lowest BCUT2D eigenvalue weighted by molar-refractivity contribution is -0.118. The van der Waals surface area contributed by atoms with Crippen LogP contribution in [0.2, 0.25) is 0 Å². The van der Waals surface area contributed by atoms with E-state index in [0.29, 0.717) is 31.9 Å². The Morgan fingerprint density at radius 1 is 1.48 bits per heavy atom. The zero-order valence-corrected chi connectivity index (χ0v) is 12.2. The number of hydrogen-bond acceptors (Lipinski definition) is 2. The van der Waals surface area contributed by atoms with Crippen molar-refractivity contribution in [2.75, 3.05) is 24.5 Å². The number of rotatable bonds is 6. The molecule has 5 nitrogen and oxygen atoms in total. The maximum atomic E-state index is 12.2. The topological polar surface area (TPSA) is 70.7 Å². The van der Waals surface area contributed by atoms with E-state index < -0.39 is 0 Å². The van der Waals surface area contributed by atoms with Crippen LogP contribution in [0, 0.1) is 0 Å². The van der Waals surface area contributed by atoms with Crippen molar-refractivity contribution >= 4 is 17.6 Å². The highest BCUT2D eigenvalue weighted by atomic mass is 16.2. The zero-order chi connectivity index (χ0) is 15.1. The predicted octanol–water partition coefficient (Wildman–Crippen LogP) is 1.45. The van der Waals surface area contributed by atoms with Gasteiger partial charge in [-0.15, -0.1) is 6.58 Å². The predicted molar refractivity (Wildman–Crippen MR) is 86.4 cm³/mol. The summed E-state index contributed by atoms with van der Waals surface area (Å²) in [6.07, 6.45) is 3.86. The van der Waals surface area contributed by atoms with Crippen LogP contribution in [-0.4, -0.2) is 31.5 Å². The Bertz CT molecular complexity index is 539. The van der Waals surface area contributed by atoms with Gasteiger partial charge in [-0.05, 0) is 24.5 Å². The summed E-state index contributed by atoms with van der Waals surface area (Å²) in [5.74, 6) is 0.557. The number of hydrogen-bond donors (Lipinski definition) is 2. The first-order valence-electron chi connectivity index (χ1n) is 7.25. The summed E-state index contributed by atoms with van der Waals surface area (Å²) in [6, 6.07) is 8.08. The number of para-hydroxylation sites is 1. The first kappa shape index (κ1) is 15.1. The molecule has 21 heavy (non-hydrogen) atoms. The van der Waals surface area contributed by atoms with Crippen molar-refractivity contribution < 1.29 is 4.79 Å². The van der Waals surface area contributed by atoms with Crippen LogP contribution in [0.15, 0.2) is 41.9 Å². The standard InChI is InChI=1S/C16H22N4O/c1-2-10-18-16(17)19-11-5-8-15(21)20-12-9-13-6-3-4-7-14(13)20/h2-4,6-7H,1,5,8-12H2,(H3,17,18,19). The molecule has 112 valence electrons. The van der Waals surface area contributed by atoms with E-state index in [1.165, 1.54) is 5.56 Å². The van der Waals surface area contributed by atoms with Crippen molar-refractivity contribution in [1.29, 1.82) is 0 Å². The second kappa shape index (κ2) is 7.47. The number of fused-ring (bicyclic) bond motifs is 1. The van der Waals surface area contributed by atoms with Crippen molar-refractivity contribution in [3.05, 3.63) is 42.5 Å². The molecule has 1 aliphatic heterocycles. The monoisotopic (exact) mass is 286 g/mol. The van der Waals surface area contributed by atoms with Gasteiger partial charge in [-0.1, -0.05) is 24.3 Å². The van der Waals surface area contributed by atoms with Gasteiger partial charge in [0.2, 0.25) is 5.91 Å². The van der Waals surface area contributed by atoms with E-state index in [1.807, 2.05) is 23.1 Å². The lowest BCUT2D eigenvalue weighted by atomic mass is 10.2. The largest absolute Gasteiger partial charge is 0.370 e. The van der Waals surface area contributed by atoms with Gasteiger partial charge in [0.25, 0.3) is 0 Å². The molecule has 0 unspecified atom stereocenters. The molecule has 1 heterocycles. The van der Waals surface area contributed by atoms with Gasteiger partial charge in [0.1, 0.15) is 0 Å². The maximum Gasteiger partial charge on any atom is 0.227 e. The molecule has 0 atom stereocenters. The van der Waals surface area contributed by atoms with Gasteiger partial charge in [0, 0.05) is 31.7 Å². The number of aliphatic imine (C=N–C) groups is 1. The molecule has 0 radical (unpaired) electrons. The van der Waals surface area contributed by atoms with Gasteiger partial charge in [-0.3, -0.25) is 9.79 Å². The minimum Gasteiger partial charge on any atom is -0.370 e. The third-order valence-corrected chi connectivity index (χ3v) is 3.45. The van der Waals surface area contributed by atoms with Gasteiger partial charge in [-0.2, -0.15) is 0 Å². The molecular weight excluding hydrogens is 264 g/mol. The van der Waals surface area contributed by atoms with E-state index in [4.69, 9.17) is 5.73 Å². The maximum absolute atomic E-state index is 12.2. The Morgan fingerprint density at radius 2 is 2.29 bits per heavy atom. The fourth-order valence-electron chi connectivity index (χ4n) is 2.39. The summed E-state index contributed by atoms with van der Waals surface area (Å²) in [6.45, 7) is 5.52.